The number of fused-ring (bicyclic) bond motifs is 1. The molecule has 1 heterocycles. The van der Waals surface area contributed by atoms with E-state index in [0.717, 1.165) is 17.7 Å². The summed E-state index contributed by atoms with van der Waals surface area (Å²) in [5.74, 6) is -1.31. The molecule has 1 aromatic carbocycles. The van der Waals surface area contributed by atoms with Crippen LogP contribution in [0.3, 0.4) is 0 Å². The number of anilines is 1. The molecule has 0 radical (unpaired) electrons. The zero-order valence-electron chi connectivity index (χ0n) is 12.3. The molecule has 6 heteroatoms. The zero-order valence-corrected chi connectivity index (χ0v) is 12.3. The average Bonchev–Trinajstić information content (AvgIpc) is 2.84. The largest absolute Gasteiger partial charge is 0.481 e. The lowest BCUT2D eigenvalue weighted by atomic mass is 9.80. The SMILES string of the molecule is CC(=O)N1CCc2cc(C(=O)NC3CC(C(=O)O)C3)ccc21. The van der Waals surface area contributed by atoms with Crippen molar-refractivity contribution >= 4 is 23.5 Å². The Morgan fingerprint density at radius 3 is 2.64 bits per heavy atom. The molecule has 1 aromatic rings. The molecule has 1 aliphatic carbocycles. The highest BCUT2D eigenvalue weighted by molar-refractivity contribution is 5.98. The van der Waals surface area contributed by atoms with E-state index in [-0.39, 0.29) is 23.8 Å². The number of nitrogens with one attached hydrogen (secondary N) is 1. The van der Waals surface area contributed by atoms with Crippen molar-refractivity contribution in [3.05, 3.63) is 29.3 Å². The van der Waals surface area contributed by atoms with Gasteiger partial charge in [0, 0.05) is 30.8 Å². The first-order valence-electron chi connectivity index (χ1n) is 7.40. The van der Waals surface area contributed by atoms with Gasteiger partial charge in [-0.05, 0) is 43.0 Å². The van der Waals surface area contributed by atoms with Crippen LogP contribution in [0.4, 0.5) is 5.69 Å². The summed E-state index contributed by atoms with van der Waals surface area (Å²) in [6, 6.07) is 5.28. The lowest BCUT2D eigenvalue weighted by Gasteiger charge is -2.32. The molecule has 6 nitrogen and oxygen atoms in total. The van der Waals surface area contributed by atoms with Crippen molar-refractivity contribution < 1.29 is 19.5 Å². The Morgan fingerprint density at radius 2 is 2.00 bits per heavy atom. The Balaban J connectivity index is 1.65. The third-order valence-electron chi connectivity index (χ3n) is 4.44. The van der Waals surface area contributed by atoms with Gasteiger partial charge in [0.05, 0.1) is 5.92 Å². The second-order valence-corrected chi connectivity index (χ2v) is 5.94. The summed E-state index contributed by atoms with van der Waals surface area (Å²) in [5.41, 5.74) is 2.43. The standard InChI is InChI=1S/C16H18N2O4/c1-9(19)18-5-4-10-6-11(2-3-14(10)18)15(20)17-13-7-12(8-13)16(21)22/h2-3,6,12-13H,4-5,7-8H2,1H3,(H,17,20)(H,21,22). The van der Waals surface area contributed by atoms with E-state index >= 15 is 0 Å². The van der Waals surface area contributed by atoms with E-state index < -0.39 is 5.97 Å². The van der Waals surface area contributed by atoms with Gasteiger partial charge in [-0.15, -0.1) is 0 Å². The van der Waals surface area contributed by atoms with Crippen molar-refractivity contribution in [3.63, 3.8) is 0 Å². The monoisotopic (exact) mass is 302 g/mol. The van der Waals surface area contributed by atoms with Crippen LogP contribution in [-0.2, 0) is 16.0 Å². The summed E-state index contributed by atoms with van der Waals surface area (Å²) in [6.07, 6.45) is 1.73. The van der Waals surface area contributed by atoms with E-state index in [0.29, 0.717) is 24.9 Å². The van der Waals surface area contributed by atoms with E-state index in [2.05, 4.69) is 5.32 Å². The Labute approximate surface area is 128 Å². The highest BCUT2D eigenvalue weighted by Crippen LogP contribution is 2.30. The summed E-state index contributed by atoms with van der Waals surface area (Å²) in [5, 5.41) is 11.7. The first-order chi connectivity index (χ1) is 10.5. The molecule has 2 N–H and O–H groups in total. The molecule has 1 aliphatic heterocycles. The maximum absolute atomic E-state index is 12.2. The Bertz CT molecular complexity index is 650. The summed E-state index contributed by atoms with van der Waals surface area (Å²) in [7, 11) is 0. The van der Waals surface area contributed by atoms with Crippen LogP contribution in [0.5, 0.6) is 0 Å². The third-order valence-corrected chi connectivity index (χ3v) is 4.44. The molecule has 0 bridgehead atoms. The van der Waals surface area contributed by atoms with Gasteiger partial charge >= 0.3 is 5.97 Å². The molecule has 1 saturated carbocycles. The number of hydrogen-bond acceptors (Lipinski definition) is 3. The zero-order chi connectivity index (χ0) is 15.9. The van der Waals surface area contributed by atoms with E-state index in [4.69, 9.17) is 5.11 Å². The lowest BCUT2D eigenvalue weighted by Crippen LogP contribution is -2.46. The predicted octanol–water partition coefficient (Wildman–Crippen LogP) is 1.19. The van der Waals surface area contributed by atoms with Crippen molar-refractivity contribution in [1.29, 1.82) is 0 Å². The second-order valence-electron chi connectivity index (χ2n) is 5.94. The number of carbonyl (C=O) groups excluding carboxylic acids is 2. The Hall–Kier alpha value is -2.37. The quantitative estimate of drug-likeness (QED) is 0.878. The molecule has 1 fully saturated rings. The number of carbonyl (C=O) groups is 3. The van der Waals surface area contributed by atoms with Crippen molar-refractivity contribution in [2.24, 2.45) is 5.92 Å². The number of amides is 2. The fraction of sp³-hybridized carbons (Fsp3) is 0.438. The van der Waals surface area contributed by atoms with Crippen LogP contribution in [0.2, 0.25) is 0 Å². The first kappa shape index (κ1) is 14.6. The lowest BCUT2D eigenvalue weighted by molar-refractivity contribution is -0.145. The maximum atomic E-state index is 12.2. The molecule has 2 aliphatic rings. The van der Waals surface area contributed by atoms with Gasteiger partial charge in [0.15, 0.2) is 0 Å². The van der Waals surface area contributed by atoms with Crippen molar-refractivity contribution in [3.8, 4) is 0 Å². The summed E-state index contributed by atoms with van der Waals surface area (Å²) in [6.45, 7) is 2.18. The molecule has 22 heavy (non-hydrogen) atoms. The number of rotatable bonds is 3. The number of aliphatic carboxylic acids is 1. The molecule has 3 rings (SSSR count). The van der Waals surface area contributed by atoms with E-state index in [1.807, 2.05) is 6.07 Å². The summed E-state index contributed by atoms with van der Waals surface area (Å²) < 4.78 is 0. The van der Waals surface area contributed by atoms with Crippen LogP contribution < -0.4 is 10.2 Å². The van der Waals surface area contributed by atoms with Gasteiger partial charge in [-0.25, -0.2) is 0 Å². The molecular weight excluding hydrogens is 284 g/mol. The predicted molar refractivity (Wildman–Crippen MR) is 79.8 cm³/mol. The molecule has 2 amide bonds. The van der Waals surface area contributed by atoms with E-state index in [1.165, 1.54) is 6.92 Å². The number of carboxylic acids is 1. The van der Waals surface area contributed by atoms with Gasteiger partial charge in [-0.3, -0.25) is 14.4 Å². The van der Waals surface area contributed by atoms with Crippen LogP contribution in [0.1, 0.15) is 35.7 Å². The van der Waals surface area contributed by atoms with E-state index in [9.17, 15) is 14.4 Å². The minimum absolute atomic E-state index is 0.00475. The van der Waals surface area contributed by atoms with Crippen molar-refractivity contribution in [2.45, 2.75) is 32.2 Å². The summed E-state index contributed by atoms with van der Waals surface area (Å²) in [4.78, 5) is 36.2. The first-order valence-corrected chi connectivity index (χ1v) is 7.40. The Kier molecular flexibility index (Phi) is 3.60. The normalized spacial score (nSPS) is 22.7. The van der Waals surface area contributed by atoms with Gasteiger partial charge in [0.1, 0.15) is 0 Å². The summed E-state index contributed by atoms with van der Waals surface area (Å²) >= 11 is 0. The van der Waals surface area contributed by atoms with Gasteiger partial charge < -0.3 is 15.3 Å². The van der Waals surface area contributed by atoms with Gasteiger partial charge in [0.25, 0.3) is 5.91 Å². The number of benzene rings is 1. The average molecular weight is 302 g/mol. The van der Waals surface area contributed by atoms with Crippen LogP contribution in [0.25, 0.3) is 0 Å². The second kappa shape index (κ2) is 5.44. The number of hydrogen-bond donors (Lipinski definition) is 2. The molecule has 116 valence electrons. The van der Waals surface area contributed by atoms with Crippen LogP contribution in [0, 0.1) is 5.92 Å². The van der Waals surface area contributed by atoms with Crippen LogP contribution in [-0.4, -0.2) is 35.5 Å². The fourth-order valence-corrected chi connectivity index (χ4v) is 3.08. The molecule has 0 unspecified atom stereocenters. The van der Waals surface area contributed by atoms with Crippen LogP contribution >= 0.6 is 0 Å². The highest BCUT2D eigenvalue weighted by Gasteiger charge is 2.35. The Morgan fingerprint density at radius 1 is 1.27 bits per heavy atom. The van der Waals surface area contributed by atoms with Crippen molar-refractivity contribution in [1.82, 2.24) is 5.32 Å². The molecule has 0 spiro atoms. The van der Waals surface area contributed by atoms with E-state index in [1.54, 1.807) is 17.0 Å². The van der Waals surface area contributed by atoms with Crippen LogP contribution in [0.15, 0.2) is 18.2 Å². The van der Waals surface area contributed by atoms with Gasteiger partial charge in [-0.2, -0.15) is 0 Å². The molecule has 0 atom stereocenters. The maximum Gasteiger partial charge on any atom is 0.306 e. The van der Waals surface area contributed by atoms with Gasteiger partial charge in [0.2, 0.25) is 5.91 Å². The molecule has 0 aromatic heterocycles. The minimum Gasteiger partial charge on any atom is -0.481 e. The third kappa shape index (κ3) is 2.56. The highest BCUT2D eigenvalue weighted by atomic mass is 16.4. The topological polar surface area (TPSA) is 86.7 Å². The van der Waals surface area contributed by atoms with Gasteiger partial charge in [-0.1, -0.05) is 0 Å². The fourth-order valence-electron chi connectivity index (χ4n) is 3.08. The minimum atomic E-state index is -0.799. The molecular formula is C16H18N2O4. The smallest absolute Gasteiger partial charge is 0.306 e. The number of nitrogens with zero attached hydrogens (tertiary/aromatic N) is 1. The van der Waals surface area contributed by atoms with Crippen molar-refractivity contribution in [2.75, 3.05) is 11.4 Å². The molecule has 0 saturated heterocycles. The number of carboxylic acid groups (broad SMARTS) is 1.